The SMILES string of the molecule is O=C(c1c(F)cccc1Cl)C1CCCN1. The Hall–Kier alpha value is -0.930. The summed E-state index contributed by atoms with van der Waals surface area (Å²) < 4.78 is 13.4. The van der Waals surface area contributed by atoms with E-state index in [2.05, 4.69) is 5.32 Å². The largest absolute Gasteiger partial charge is 0.307 e. The number of carbonyl (C=O) groups is 1. The summed E-state index contributed by atoms with van der Waals surface area (Å²) in [6.07, 6.45) is 1.70. The fourth-order valence-corrected chi connectivity index (χ4v) is 2.07. The van der Waals surface area contributed by atoms with Gasteiger partial charge in [0.25, 0.3) is 0 Å². The summed E-state index contributed by atoms with van der Waals surface area (Å²) in [7, 11) is 0. The third-order valence-corrected chi connectivity index (χ3v) is 2.90. The number of ketones is 1. The van der Waals surface area contributed by atoms with E-state index in [0.717, 1.165) is 19.4 Å². The molecule has 0 aromatic heterocycles. The maximum Gasteiger partial charge on any atom is 0.184 e. The third-order valence-electron chi connectivity index (χ3n) is 2.59. The molecule has 1 fully saturated rings. The summed E-state index contributed by atoms with van der Waals surface area (Å²) in [5.41, 5.74) is 0.0126. The second-order valence-corrected chi connectivity index (χ2v) is 4.02. The topological polar surface area (TPSA) is 29.1 Å². The van der Waals surface area contributed by atoms with Crippen LogP contribution in [0.5, 0.6) is 0 Å². The predicted octanol–water partition coefficient (Wildman–Crippen LogP) is 2.41. The Morgan fingerprint density at radius 2 is 2.33 bits per heavy atom. The van der Waals surface area contributed by atoms with Crippen molar-refractivity contribution in [1.29, 1.82) is 0 Å². The molecule has 0 spiro atoms. The first-order valence-corrected chi connectivity index (χ1v) is 5.29. The number of Topliss-reactive ketones (excluding diaryl/α,β-unsaturated/α-hetero) is 1. The molecule has 1 atom stereocenters. The van der Waals surface area contributed by atoms with Crippen molar-refractivity contribution in [2.24, 2.45) is 0 Å². The number of carbonyl (C=O) groups excluding carboxylic acids is 1. The summed E-state index contributed by atoms with van der Waals surface area (Å²) in [5.74, 6) is -0.781. The quantitative estimate of drug-likeness (QED) is 0.787. The molecule has 0 radical (unpaired) electrons. The monoisotopic (exact) mass is 227 g/mol. The van der Waals surface area contributed by atoms with E-state index in [1.807, 2.05) is 0 Å². The fourth-order valence-electron chi connectivity index (χ4n) is 1.82. The minimum absolute atomic E-state index is 0.0126. The van der Waals surface area contributed by atoms with Crippen molar-refractivity contribution in [2.75, 3.05) is 6.54 Å². The number of nitrogens with one attached hydrogen (secondary N) is 1. The molecule has 1 unspecified atom stereocenters. The van der Waals surface area contributed by atoms with Gasteiger partial charge in [-0.25, -0.2) is 4.39 Å². The Bertz CT molecular complexity index is 368. The molecule has 1 aliphatic rings. The van der Waals surface area contributed by atoms with Gasteiger partial charge < -0.3 is 5.32 Å². The van der Waals surface area contributed by atoms with Gasteiger partial charge in [0.15, 0.2) is 5.78 Å². The van der Waals surface area contributed by atoms with Crippen LogP contribution >= 0.6 is 11.6 Å². The van der Waals surface area contributed by atoms with Crippen molar-refractivity contribution >= 4 is 17.4 Å². The highest BCUT2D eigenvalue weighted by molar-refractivity contribution is 6.34. The van der Waals surface area contributed by atoms with E-state index >= 15 is 0 Å². The lowest BCUT2D eigenvalue weighted by Gasteiger charge is -2.10. The van der Waals surface area contributed by atoms with Crippen molar-refractivity contribution in [3.05, 3.63) is 34.6 Å². The Balaban J connectivity index is 2.32. The van der Waals surface area contributed by atoms with Gasteiger partial charge >= 0.3 is 0 Å². The molecule has 1 aromatic rings. The van der Waals surface area contributed by atoms with E-state index in [1.54, 1.807) is 0 Å². The predicted molar refractivity (Wildman–Crippen MR) is 56.8 cm³/mol. The maximum absolute atomic E-state index is 13.4. The fraction of sp³-hybridized carbons (Fsp3) is 0.364. The Morgan fingerprint density at radius 3 is 2.93 bits per heavy atom. The van der Waals surface area contributed by atoms with Crippen LogP contribution in [-0.2, 0) is 0 Å². The van der Waals surface area contributed by atoms with Gasteiger partial charge in [-0.3, -0.25) is 4.79 Å². The first-order valence-electron chi connectivity index (χ1n) is 4.92. The normalized spacial score (nSPS) is 20.5. The second-order valence-electron chi connectivity index (χ2n) is 3.61. The van der Waals surface area contributed by atoms with Gasteiger partial charge in [-0.1, -0.05) is 17.7 Å². The Labute approximate surface area is 92.4 Å². The molecule has 80 valence electrons. The van der Waals surface area contributed by atoms with E-state index in [-0.39, 0.29) is 22.4 Å². The highest BCUT2D eigenvalue weighted by Crippen LogP contribution is 2.22. The standard InChI is InChI=1S/C11H11ClFNO/c12-7-3-1-4-8(13)10(7)11(15)9-5-2-6-14-9/h1,3-4,9,14H,2,5-6H2. The van der Waals surface area contributed by atoms with E-state index in [9.17, 15) is 9.18 Å². The smallest absolute Gasteiger partial charge is 0.184 e. The highest BCUT2D eigenvalue weighted by atomic mass is 35.5. The lowest BCUT2D eigenvalue weighted by Crippen LogP contribution is -2.31. The first-order chi connectivity index (χ1) is 7.20. The molecule has 15 heavy (non-hydrogen) atoms. The van der Waals surface area contributed by atoms with Crippen molar-refractivity contribution in [1.82, 2.24) is 5.32 Å². The molecular formula is C11H11ClFNO. The van der Waals surface area contributed by atoms with Crippen molar-refractivity contribution in [3.63, 3.8) is 0 Å². The van der Waals surface area contributed by atoms with Crippen LogP contribution in [0.25, 0.3) is 0 Å². The zero-order valence-corrected chi connectivity index (χ0v) is 8.85. The molecule has 1 N–H and O–H groups in total. The molecule has 2 nitrogen and oxygen atoms in total. The first kappa shape index (κ1) is 10.6. The molecule has 1 aromatic carbocycles. The number of hydrogen-bond acceptors (Lipinski definition) is 2. The third kappa shape index (κ3) is 2.03. The molecule has 0 bridgehead atoms. The molecule has 1 aliphatic heterocycles. The van der Waals surface area contributed by atoms with Crippen LogP contribution in [0, 0.1) is 5.82 Å². The molecular weight excluding hydrogens is 217 g/mol. The van der Waals surface area contributed by atoms with Crippen LogP contribution in [0.1, 0.15) is 23.2 Å². The van der Waals surface area contributed by atoms with Crippen LogP contribution in [0.4, 0.5) is 4.39 Å². The highest BCUT2D eigenvalue weighted by Gasteiger charge is 2.26. The minimum Gasteiger partial charge on any atom is -0.307 e. The lowest BCUT2D eigenvalue weighted by molar-refractivity contribution is 0.0948. The van der Waals surface area contributed by atoms with Crippen molar-refractivity contribution in [3.8, 4) is 0 Å². The van der Waals surface area contributed by atoms with Gasteiger partial charge in [-0.2, -0.15) is 0 Å². The number of rotatable bonds is 2. The molecule has 1 saturated heterocycles. The number of hydrogen-bond donors (Lipinski definition) is 1. The number of halogens is 2. The zero-order chi connectivity index (χ0) is 10.8. The Morgan fingerprint density at radius 1 is 1.53 bits per heavy atom. The number of benzene rings is 1. The van der Waals surface area contributed by atoms with Gasteiger partial charge in [0.1, 0.15) is 5.82 Å². The van der Waals surface area contributed by atoms with Crippen molar-refractivity contribution in [2.45, 2.75) is 18.9 Å². The maximum atomic E-state index is 13.4. The molecule has 0 amide bonds. The minimum atomic E-state index is -0.541. The van der Waals surface area contributed by atoms with Gasteiger partial charge in [0.2, 0.25) is 0 Å². The molecule has 1 heterocycles. The van der Waals surface area contributed by atoms with E-state index in [1.165, 1.54) is 18.2 Å². The van der Waals surface area contributed by atoms with E-state index in [4.69, 9.17) is 11.6 Å². The molecule has 0 aliphatic carbocycles. The summed E-state index contributed by atoms with van der Waals surface area (Å²) in [6, 6.07) is 4.01. The van der Waals surface area contributed by atoms with Gasteiger partial charge in [-0.15, -0.1) is 0 Å². The van der Waals surface area contributed by atoms with Crippen LogP contribution < -0.4 is 5.32 Å². The summed E-state index contributed by atoms with van der Waals surface area (Å²) >= 11 is 5.81. The molecule has 4 heteroatoms. The van der Waals surface area contributed by atoms with Gasteiger partial charge in [0, 0.05) is 0 Å². The van der Waals surface area contributed by atoms with Gasteiger partial charge in [-0.05, 0) is 31.5 Å². The summed E-state index contributed by atoms with van der Waals surface area (Å²) in [5, 5.41) is 3.22. The molecule has 2 rings (SSSR count). The van der Waals surface area contributed by atoms with E-state index < -0.39 is 5.82 Å². The molecule has 0 saturated carbocycles. The van der Waals surface area contributed by atoms with Crippen molar-refractivity contribution < 1.29 is 9.18 Å². The average Bonchev–Trinajstić information content (AvgIpc) is 2.69. The lowest BCUT2D eigenvalue weighted by atomic mass is 10.0. The van der Waals surface area contributed by atoms with Crippen LogP contribution in [0.3, 0.4) is 0 Å². The van der Waals surface area contributed by atoms with E-state index in [0.29, 0.717) is 0 Å². The Kier molecular flexibility index (Phi) is 3.03. The van der Waals surface area contributed by atoms with Crippen LogP contribution in [0.15, 0.2) is 18.2 Å². The summed E-state index contributed by atoms with van der Waals surface area (Å²) in [6.45, 7) is 0.808. The van der Waals surface area contributed by atoms with Crippen LogP contribution in [0.2, 0.25) is 5.02 Å². The zero-order valence-electron chi connectivity index (χ0n) is 8.09. The second kappa shape index (κ2) is 4.29. The average molecular weight is 228 g/mol. The summed E-state index contributed by atoms with van der Waals surface area (Å²) in [4.78, 5) is 11.9. The van der Waals surface area contributed by atoms with Crippen LogP contribution in [-0.4, -0.2) is 18.4 Å². The van der Waals surface area contributed by atoms with Gasteiger partial charge in [0.05, 0.1) is 16.6 Å².